The van der Waals surface area contributed by atoms with E-state index in [1.54, 1.807) is 12.1 Å². The topological polar surface area (TPSA) is 72.8 Å². The van der Waals surface area contributed by atoms with Gasteiger partial charge in [0.2, 0.25) is 0 Å². The fourth-order valence-corrected chi connectivity index (χ4v) is 2.20. The molecule has 0 aliphatic rings. The van der Waals surface area contributed by atoms with Gasteiger partial charge in [-0.15, -0.1) is 0 Å². The highest BCUT2D eigenvalue weighted by molar-refractivity contribution is 6.42. The van der Waals surface area contributed by atoms with E-state index in [9.17, 15) is 14.7 Å². The van der Waals surface area contributed by atoms with Crippen molar-refractivity contribution < 1.29 is 24.2 Å². The number of ketones is 1. The fraction of sp³-hybridized carbons (Fsp3) is 0.111. The molecule has 0 unspecified atom stereocenters. The van der Waals surface area contributed by atoms with Gasteiger partial charge in [-0.05, 0) is 42.0 Å². The second-order valence-corrected chi connectivity index (χ2v) is 5.74. The Labute approximate surface area is 154 Å². The van der Waals surface area contributed by atoms with Crippen LogP contribution in [0.15, 0.2) is 42.5 Å². The average Bonchev–Trinajstić information content (AvgIpc) is 2.61. The third kappa shape index (κ3) is 5.24. The number of carbonyl (C=O) groups is 2. The van der Waals surface area contributed by atoms with E-state index >= 15 is 0 Å². The average molecular weight is 381 g/mol. The number of halogens is 2. The van der Waals surface area contributed by atoms with Gasteiger partial charge in [-0.25, -0.2) is 4.79 Å². The van der Waals surface area contributed by atoms with Crippen molar-refractivity contribution in [3.8, 4) is 11.5 Å². The van der Waals surface area contributed by atoms with Crippen molar-refractivity contribution in [2.75, 3.05) is 13.7 Å². The van der Waals surface area contributed by atoms with Crippen LogP contribution in [0.1, 0.15) is 15.9 Å². The molecule has 0 heterocycles. The standard InChI is InChI=1S/C18H14Cl2O5/c1-24-17-8-11(2-6-15(17)21)3-7-18(23)25-10-16(22)12-4-5-13(19)14(20)9-12/h2-9,21H,10H2,1H3/b7-3+. The van der Waals surface area contributed by atoms with Crippen LogP contribution >= 0.6 is 23.2 Å². The SMILES string of the molecule is COc1cc(/C=C/C(=O)OCC(=O)c2ccc(Cl)c(Cl)c2)ccc1O. The first-order valence-corrected chi connectivity index (χ1v) is 7.86. The minimum absolute atomic E-state index is 0.00514. The van der Waals surface area contributed by atoms with Crippen molar-refractivity contribution in [3.05, 3.63) is 63.6 Å². The van der Waals surface area contributed by atoms with Gasteiger partial charge in [0.15, 0.2) is 23.9 Å². The van der Waals surface area contributed by atoms with E-state index in [1.807, 2.05) is 0 Å². The number of benzene rings is 2. The van der Waals surface area contributed by atoms with E-state index in [0.717, 1.165) is 0 Å². The number of methoxy groups -OCH3 is 1. The van der Waals surface area contributed by atoms with E-state index in [2.05, 4.69) is 0 Å². The number of phenolic OH excluding ortho intramolecular Hbond substituents is 1. The number of hydrogen-bond acceptors (Lipinski definition) is 5. The summed E-state index contributed by atoms with van der Waals surface area (Å²) in [7, 11) is 1.42. The summed E-state index contributed by atoms with van der Waals surface area (Å²) < 4.78 is 9.87. The summed E-state index contributed by atoms with van der Waals surface area (Å²) in [5, 5.41) is 10.1. The van der Waals surface area contributed by atoms with Gasteiger partial charge < -0.3 is 14.6 Å². The number of Topliss-reactive ketones (excluding diaryl/α,β-unsaturated/α-hetero) is 1. The number of ether oxygens (including phenoxy) is 2. The van der Waals surface area contributed by atoms with Gasteiger partial charge in [-0.1, -0.05) is 29.3 Å². The predicted molar refractivity (Wildman–Crippen MR) is 95.4 cm³/mol. The normalized spacial score (nSPS) is 10.7. The summed E-state index contributed by atoms with van der Waals surface area (Å²) in [6.45, 7) is -0.417. The highest BCUT2D eigenvalue weighted by Crippen LogP contribution is 2.26. The molecule has 0 amide bonds. The highest BCUT2D eigenvalue weighted by Gasteiger charge is 2.10. The lowest BCUT2D eigenvalue weighted by molar-refractivity contribution is -0.136. The molecule has 0 aliphatic heterocycles. The van der Waals surface area contributed by atoms with Crippen molar-refractivity contribution in [1.82, 2.24) is 0 Å². The molecule has 2 rings (SSSR count). The quantitative estimate of drug-likeness (QED) is 0.463. The molecule has 0 radical (unpaired) electrons. The molecule has 0 fully saturated rings. The summed E-state index contributed by atoms with van der Waals surface area (Å²) in [6, 6.07) is 9.01. The number of phenols is 1. The Bertz CT molecular complexity index is 830. The van der Waals surface area contributed by atoms with Crippen LogP contribution in [-0.2, 0) is 9.53 Å². The van der Waals surface area contributed by atoms with Gasteiger partial charge >= 0.3 is 5.97 Å². The summed E-state index contributed by atoms with van der Waals surface area (Å²) in [5.74, 6) is -0.799. The van der Waals surface area contributed by atoms with Crippen LogP contribution in [0.2, 0.25) is 10.0 Å². The van der Waals surface area contributed by atoms with E-state index in [0.29, 0.717) is 16.1 Å². The van der Waals surface area contributed by atoms with Crippen LogP contribution < -0.4 is 4.74 Å². The molecule has 2 aromatic rings. The first-order chi connectivity index (χ1) is 11.9. The Morgan fingerprint density at radius 2 is 1.88 bits per heavy atom. The molecule has 0 bridgehead atoms. The monoisotopic (exact) mass is 380 g/mol. The smallest absolute Gasteiger partial charge is 0.331 e. The third-order valence-electron chi connectivity index (χ3n) is 3.20. The van der Waals surface area contributed by atoms with Crippen molar-refractivity contribution in [3.63, 3.8) is 0 Å². The van der Waals surface area contributed by atoms with Crippen LogP contribution in [0.3, 0.4) is 0 Å². The van der Waals surface area contributed by atoms with E-state index in [-0.39, 0.29) is 16.5 Å². The maximum absolute atomic E-state index is 12.0. The largest absolute Gasteiger partial charge is 0.504 e. The van der Waals surface area contributed by atoms with Crippen LogP contribution in [0.25, 0.3) is 6.08 Å². The van der Waals surface area contributed by atoms with E-state index in [1.165, 1.54) is 43.5 Å². The number of esters is 1. The molecule has 25 heavy (non-hydrogen) atoms. The number of rotatable bonds is 6. The lowest BCUT2D eigenvalue weighted by Gasteiger charge is -2.04. The molecule has 5 nitrogen and oxygen atoms in total. The van der Waals surface area contributed by atoms with Crippen molar-refractivity contribution in [2.24, 2.45) is 0 Å². The molecule has 0 spiro atoms. The Balaban J connectivity index is 1.93. The minimum atomic E-state index is -0.680. The molecule has 0 saturated heterocycles. The zero-order valence-electron chi connectivity index (χ0n) is 13.2. The van der Waals surface area contributed by atoms with E-state index in [4.69, 9.17) is 32.7 Å². The maximum Gasteiger partial charge on any atom is 0.331 e. The Morgan fingerprint density at radius 1 is 1.12 bits per heavy atom. The van der Waals surface area contributed by atoms with Crippen molar-refractivity contribution in [1.29, 1.82) is 0 Å². The van der Waals surface area contributed by atoms with Crippen LogP contribution in [0, 0.1) is 0 Å². The second kappa shape index (κ2) is 8.55. The summed E-state index contributed by atoms with van der Waals surface area (Å²) in [5.41, 5.74) is 0.928. The first kappa shape index (κ1) is 18.8. The molecule has 2 aromatic carbocycles. The molecule has 0 saturated carbocycles. The Kier molecular flexibility index (Phi) is 6.44. The number of aromatic hydroxyl groups is 1. The van der Waals surface area contributed by atoms with Crippen molar-refractivity contribution >= 4 is 41.0 Å². The first-order valence-electron chi connectivity index (χ1n) is 7.11. The Morgan fingerprint density at radius 3 is 2.56 bits per heavy atom. The van der Waals surface area contributed by atoms with E-state index < -0.39 is 18.4 Å². The molecule has 0 atom stereocenters. The van der Waals surface area contributed by atoms with Crippen LogP contribution in [0.5, 0.6) is 11.5 Å². The van der Waals surface area contributed by atoms with Crippen LogP contribution in [0.4, 0.5) is 0 Å². The van der Waals surface area contributed by atoms with Crippen molar-refractivity contribution in [2.45, 2.75) is 0 Å². The predicted octanol–water partition coefficient (Wildman–Crippen LogP) is 4.15. The molecular formula is C18H14Cl2O5. The lowest BCUT2D eigenvalue weighted by Crippen LogP contribution is -2.12. The van der Waals surface area contributed by atoms with Crippen LogP contribution in [-0.4, -0.2) is 30.6 Å². The van der Waals surface area contributed by atoms with Gasteiger partial charge in [0.05, 0.1) is 17.2 Å². The molecule has 0 aliphatic carbocycles. The summed E-state index contributed by atoms with van der Waals surface area (Å²) in [4.78, 5) is 23.7. The second-order valence-electron chi connectivity index (χ2n) is 4.92. The maximum atomic E-state index is 12.0. The number of hydrogen-bond donors (Lipinski definition) is 1. The summed E-state index contributed by atoms with van der Waals surface area (Å²) in [6.07, 6.45) is 2.65. The molecule has 7 heteroatoms. The molecular weight excluding hydrogens is 367 g/mol. The minimum Gasteiger partial charge on any atom is -0.504 e. The van der Waals surface area contributed by atoms with Gasteiger partial charge in [-0.3, -0.25) is 4.79 Å². The van der Waals surface area contributed by atoms with Gasteiger partial charge in [0.1, 0.15) is 0 Å². The molecule has 1 N–H and O–H groups in total. The van der Waals surface area contributed by atoms with Gasteiger partial charge in [0.25, 0.3) is 0 Å². The van der Waals surface area contributed by atoms with Gasteiger partial charge in [0, 0.05) is 11.6 Å². The lowest BCUT2D eigenvalue weighted by atomic mass is 10.1. The zero-order chi connectivity index (χ0) is 18.4. The fourth-order valence-electron chi connectivity index (χ4n) is 1.90. The molecule has 130 valence electrons. The zero-order valence-corrected chi connectivity index (χ0v) is 14.7. The summed E-state index contributed by atoms with van der Waals surface area (Å²) >= 11 is 11.6. The van der Waals surface area contributed by atoms with Gasteiger partial charge in [-0.2, -0.15) is 0 Å². The third-order valence-corrected chi connectivity index (χ3v) is 3.94. The highest BCUT2D eigenvalue weighted by atomic mass is 35.5. The Hall–Kier alpha value is -2.50. The number of carbonyl (C=O) groups excluding carboxylic acids is 2. The molecule has 0 aromatic heterocycles.